The highest BCUT2D eigenvalue weighted by atomic mass is 32.2. The molecule has 0 fully saturated rings. The van der Waals surface area contributed by atoms with E-state index in [1.807, 2.05) is 29.8 Å². The highest BCUT2D eigenvalue weighted by Gasteiger charge is 2.18. The Morgan fingerprint density at radius 1 is 1.29 bits per heavy atom. The van der Waals surface area contributed by atoms with Gasteiger partial charge in [0.15, 0.2) is 4.34 Å². The smallest absolute Gasteiger partial charge is 0.231 e. The number of rotatable bonds is 6. The van der Waals surface area contributed by atoms with Crippen LogP contribution >= 0.6 is 34.4 Å². The Bertz CT molecular complexity index is 800. The van der Waals surface area contributed by atoms with E-state index in [0.717, 1.165) is 20.5 Å². The van der Waals surface area contributed by atoms with Crippen molar-refractivity contribution < 1.29 is 9.18 Å². The number of thioether (sulfide) groups is 1. The second-order valence-corrected chi connectivity index (χ2v) is 8.17. The van der Waals surface area contributed by atoms with Gasteiger partial charge in [-0.3, -0.25) is 4.79 Å². The summed E-state index contributed by atoms with van der Waals surface area (Å²) in [7, 11) is 0. The lowest BCUT2D eigenvalue weighted by Gasteiger charge is -2.18. The Kier molecular flexibility index (Phi) is 5.65. The van der Waals surface area contributed by atoms with Crippen molar-refractivity contribution in [3.8, 4) is 0 Å². The summed E-state index contributed by atoms with van der Waals surface area (Å²) in [4.78, 5) is 17.7. The maximum Gasteiger partial charge on any atom is 0.231 e. The molecule has 3 rings (SSSR count). The summed E-state index contributed by atoms with van der Waals surface area (Å²) in [6.07, 6.45) is 0. The van der Waals surface area contributed by atoms with Gasteiger partial charge in [-0.1, -0.05) is 30.0 Å². The van der Waals surface area contributed by atoms with Gasteiger partial charge < -0.3 is 5.32 Å². The van der Waals surface area contributed by atoms with Crippen LogP contribution in [0.4, 0.5) is 4.39 Å². The van der Waals surface area contributed by atoms with Crippen LogP contribution in [-0.4, -0.2) is 16.6 Å². The van der Waals surface area contributed by atoms with E-state index in [2.05, 4.69) is 10.3 Å². The van der Waals surface area contributed by atoms with Gasteiger partial charge in [0.25, 0.3) is 0 Å². The number of amides is 1. The number of carbonyl (C=O) groups excluding carboxylic acids is 1. The Hall–Kier alpha value is -1.70. The highest BCUT2D eigenvalue weighted by molar-refractivity contribution is 8.01. The van der Waals surface area contributed by atoms with Crippen molar-refractivity contribution in [1.29, 1.82) is 0 Å². The molecule has 1 N–H and O–H groups in total. The second-order valence-electron chi connectivity index (χ2n) is 5.11. The molecule has 0 aliphatic carbocycles. The number of aryl methyl sites for hydroxylation is 1. The fourth-order valence-electron chi connectivity index (χ4n) is 2.16. The van der Waals surface area contributed by atoms with Crippen LogP contribution < -0.4 is 5.32 Å². The van der Waals surface area contributed by atoms with Crippen LogP contribution in [0.1, 0.15) is 22.2 Å². The van der Waals surface area contributed by atoms with Gasteiger partial charge >= 0.3 is 0 Å². The fourth-order valence-corrected chi connectivity index (χ4v) is 4.62. The van der Waals surface area contributed by atoms with Crippen LogP contribution in [0.3, 0.4) is 0 Å². The zero-order chi connectivity index (χ0) is 16.9. The van der Waals surface area contributed by atoms with Crippen molar-refractivity contribution in [2.24, 2.45) is 0 Å². The average molecular weight is 379 g/mol. The largest absolute Gasteiger partial charge is 0.344 e. The topological polar surface area (TPSA) is 42.0 Å². The van der Waals surface area contributed by atoms with Crippen molar-refractivity contribution in [2.75, 3.05) is 5.75 Å². The molecule has 0 radical (unpaired) electrons. The third-order valence-corrected chi connectivity index (χ3v) is 6.34. The summed E-state index contributed by atoms with van der Waals surface area (Å²) in [6, 6.07) is 9.88. The molecule has 0 aliphatic rings. The SMILES string of the molecule is Cc1csc(SCC(=O)NC(c2ccc(F)cc2)c2cccs2)n1. The van der Waals surface area contributed by atoms with Crippen molar-refractivity contribution in [3.63, 3.8) is 0 Å². The molecule has 1 aromatic carbocycles. The first kappa shape index (κ1) is 17.1. The van der Waals surface area contributed by atoms with Gasteiger partial charge in [-0.05, 0) is 36.1 Å². The third-order valence-electron chi connectivity index (χ3n) is 3.26. The molecule has 0 spiro atoms. The molecule has 1 amide bonds. The normalized spacial score (nSPS) is 12.1. The molecule has 24 heavy (non-hydrogen) atoms. The maximum absolute atomic E-state index is 13.2. The summed E-state index contributed by atoms with van der Waals surface area (Å²) in [5.41, 5.74) is 1.83. The molecule has 0 saturated heterocycles. The van der Waals surface area contributed by atoms with Gasteiger partial charge in [0, 0.05) is 16.0 Å². The van der Waals surface area contributed by atoms with Crippen LogP contribution in [0.25, 0.3) is 0 Å². The van der Waals surface area contributed by atoms with Crippen LogP contribution in [0.2, 0.25) is 0 Å². The number of carbonyl (C=O) groups is 1. The first-order valence-electron chi connectivity index (χ1n) is 7.25. The summed E-state index contributed by atoms with van der Waals surface area (Å²) in [6.45, 7) is 1.93. The summed E-state index contributed by atoms with van der Waals surface area (Å²) >= 11 is 4.53. The van der Waals surface area contributed by atoms with Gasteiger partial charge in [-0.15, -0.1) is 22.7 Å². The van der Waals surface area contributed by atoms with Crippen molar-refractivity contribution in [3.05, 3.63) is 69.1 Å². The fraction of sp³-hybridized carbons (Fsp3) is 0.176. The number of nitrogens with zero attached hydrogens (tertiary/aromatic N) is 1. The summed E-state index contributed by atoms with van der Waals surface area (Å²) in [5, 5.41) is 6.97. The van der Waals surface area contributed by atoms with E-state index < -0.39 is 0 Å². The van der Waals surface area contributed by atoms with Crippen LogP contribution in [-0.2, 0) is 4.79 Å². The number of thiazole rings is 1. The van der Waals surface area contributed by atoms with Gasteiger partial charge in [-0.2, -0.15) is 0 Å². The molecule has 3 aromatic rings. The molecule has 1 unspecified atom stereocenters. The number of aromatic nitrogens is 1. The zero-order valence-corrected chi connectivity index (χ0v) is 15.3. The molecule has 3 nitrogen and oxygen atoms in total. The Morgan fingerprint density at radius 3 is 2.71 bits per heavy atom. The van der Waals surface area contributed by atoms with E-state index in [0.29, 0.717) is 5.75 Å². The lowest BCUT2D eigenvalue weighted by molar-refractivity contribution is -0.119. The Labute approximate surface area is 152 Å². The van der Waals surface area contributed by atoms with E-state index in [-0.39, 0.29) is 17.8 Å². The molecule has 7 heteroatoms. The predicted molar refractivity (Wildman–Crippen MR) is 98.3 cm³/mol. The highest BCUT2D eigenvalue weighted by Crippen LogP contribution is 2.27. The third kappa shape index (κ3) is 4.43. The first-order valence-corrected chi connectivity index (χ1v) is 9.99. The Balaban J connectivity index is 1.69. The standard InChI is InChI=1S/C17H15FN2OS3/c1-11-9-23-17(19-11)24-10-15(21)20-16(14-3-2-8-22-14)12-4-6-13(18)7-5-12/h2-9,16H,10H2,1H3,(H,20,21). The van der Waals surface area contributed by atoms with Crippen molar-refractivity contribution >= 4 is 40.3 Å². The average Bonchev–Trinajstić information content (AvgIpc) is 3.23. The molecule has 0 saturated carbocycles. The lowest BCUT2D eigenvalue weighted by Crippen LogP contribution is -2.30. The minimum Gasteiger partial charge on any atom is -0.344 e. The molecule has 2 aromatic heterocycles. The maximum atomic E-state index is 13.2. The monoisotopic (exact) mass is 378 g/mol. The van der Waals surface area contributed by atoms with Crippen molar-refractivity contribution in [1.82, 2.24) is 10.3 Å². The van der Waals surface area contributed by atoms with Gasteiger partial charge in [0.2, 0.25) is 5.91 Å². The molecule has 124 valence electrons. The van der Waals surface area contributed by atoms with E-state index in [1.54, 1.807) is 23.5 Å². The number of hydrogen-bond donors (Lipinski definition) is 1. The number of nitrogens with one attached hydrogen (secondary N) is 1. The van der Waals surface area contributed by atoms with E-state index in [4.69, 9.17) is 0 Å². The second kappa shape index (κ2) is 7.92. The molecule has 1 atom stereocenters. The Morgan fingerprint density at radius 2 is 2.08 bits per heavy atom. The first-order chi connectivity index (χ1) is 11.6. The van der Waals surface area contributed by atoms with Crippen molar-refractivity contribution in [2.45, 2.75) is 17.3 Å². The minimum absolute atomic E-state index is 0.0735. The van der Waals surface area contributed by atoms with Crippen LogP contribution in [0.5, 0.6) is 0 Å². The number of thiophene rings is 1. The number of benzene rings is 1. The summed E-state index contributed by atoms with van der Waals surface area (Å²) in [5.74, 6) is -0.0592. The van der Waals surface area contributed by atoms with Crippen LogP contribution in [0, 0.1) is 12.7 Å². The molecule has 0 bridgehead atoms. The lowest BCUT2D eigenvalue weighted by atomic mass is 10.1. The molecular formula is C17H15FN2OS3. The molecular weight excluding hydrogens is 363 g/mol. The van der Waals surface area contributed by atoms with E-state index >= 15 is 0 Å². The van der Waals surface area contributed by atoms with Crippen LogP contribution in [0.15, 0.2) is 51.5 Å². The number of halogens is 1. The zero-order valence-electron chi connectivity index (χ0n) is 12.9. The van der Waals surface area contributed by atoms with E-state index in [9.17, 15) is 9.18 Å². The molecule has 2 heterocycles. The van der Waals surface area contributed by atoms with Gasteiger partial charge in [0.1, 0.15) is 5.82 Å². The van der Waals surface area contributed by atoms with Gasteiger partial charge in [0.05, 0.1) is 11.8 Å². The van der Waals surface area contributed by atoms with Gasteiger partial charge in [-0.25, -0.2) is 9.37 Å². The van der Waals surface area contributed by atoms with E-state index in [1.165, 1.54) is 35.2 Å². The predicted octanol–water partition coefficient (Wildman–Crippen LogP) is 4.65. The number of hydrogen-bond acceptors (Lipinski definition) is 5. The molecule has 0 aliphatic heterocycles. The summed E-state index contributed by atoms with van der Waals surface area (Å²) < 4.78 is 14.1. The minimum atomic E-state index is -0.287. The quantitative estimate of drug-likeness (QED) is 0.635.